The first kappa shape index (κ1) is 21.3. The average Bonchev–Trinajstić information content (AvgIpc) is 2.75. The Bertz CT molecular complexity index is 762. The minimum atomic E-state index is -0.0165. The summed E-state index contributed by atoms with van der Waals surface area (Å²) in [7, 11) is 1.72. The van der Waals surface area contributed by atoms with Crippen molar-refractivity contribution in [3.05, 3.63) is 41.7 Å². The largest absolute Gasteiger partial charge is 0.489 e. The maximum absolute atomic E-state index is 12.7. The van der Waals surface area contributed by atoms with E-state index in [0.29, 0.717) is 11.9 Å². The molecule has 4 aliphatic rings. The Balaban J connectivity index is 1.33. The minimum Gasteiger partial charge on any atom is -0.489 e. The highest BCUT2D eigenvalue weighted by Crippen LogP contribution is 2.54. The van der Waals surface area contributed by atoms with E-state index in [1.165, 1.54) is 5.56 Å². The van der Waals surface area contributed by atoms with Gasteiger partial charge in [0.25, 0.3) is 0 Å². The number of nitrogens with one attached hydrogen (secondary N) is 1. The first-order valence-electron chi connectivity index (χ1n) is 11.1. The Morgan fingerprint density at radius 2 is 1.80 bits per heavy atom. The Kier molecular flexibility index (Phi) is 6.16. The summed E-state index contributed by atoms with van der Waals surface area (Å²) in [5.74, 6) is 1.07. The monoisotopic (exact) mass is 416 g/mol. The molecule has 6 heteroatoms. The van der Waals surface area contributed by atoms with Gasteiger partial charge in [-0.1, -0.05) is 12.1 Å². The average molecular weight is 417 g/mol. The number of methoxy groups -OCH3 is 1. The molecule has 4 fully saturated rings. The van der Waals surface area contributed by atoms with Crippen molar-refractivity contribution in [2.75, 3.05) is 20.3 Å². The number of hydrogen-bond donors (Lipinski definition) is 2. The number of benzene rings is 1. The third-order valence-electron chi connectivity index (χ3n) is 7.74. The molecule has 3 N–H and O–H groups in total. The van der Waals surface area contributed by atoms with Crippen LogP contribution in [0, 0.1) is 5.92 Å². The fourth-order valence-corrected chi connectivity index (χ4v) is 5.36. The summed E-state index contributed by atoms with van der Waals surface area (Å²) in [5, 5.41) is 3.42. The maximum Gasteiger partial charge on any atom is 0.223 e. The van der Waals surface area contributed by atoms with Gasteiger partial charge in [-0.15, -0.1) is 0 Å². The topological polar surface area (TPSA) is 73.6 Å². The summed E-state index contributed by atoms with van der Waals surface area (Å²) < 4.78 is 23.6. The van der Waals surface area contributed by atoms with Crippen molar-refractivity contribution in [1.29, 1.82) is 0 Å². The van der Waals surface area contributed by atoms with E-state index in [1.807, 2.05) is 12.1 Å². The second kappa shape index (κ2) is 8.67. The lowest BCUT2D eigenvalue weighted by atomic mass is 9.55. The van der Waals surface area contributed by atoms with E-state index in [9.17, 15) is 9.18 Å². The van der Waals surface area contributed by atoms with E-state index in [1.54, 1.807) is 7.11 Å². The number of amides is 1. The second-order valence-electron chi connectivity index (χ2n) is 9.36. The fourth-order valence-electron chi connectivity index (χ4n) is 5.36. The summed E-state index contributed by atoms with van der Waals surface area (Å²) in [6.07, 6.45) is 8.89. The molecule has 0 atom stereocenters. The summed E-state index contributed by atoms with van der Waals surface area (Å²) in [6, 6.07) is 8.23. The van der Waals surface area contributed by atoms with Gasteiger partial charge in [0.2, 0.25) is 5.91 Å². The van der Waals surface area contributed by atoms with Crippen LogP contribution in [0.4, 0.5) is 4.39 Å². The molecule has 0 spiro atoms. The first-order chi connectivity index (χ1) is 14.5. The summed E-state index contributed by atoms with van der Waals surface area (Å²) >= 11 is 0. The van der Waals surface area contributed by atoms with Crippen LogP contribution in [0.15, 0.2) is 36.2 Å². The van der Waals surface area contributed by atoms with Gasteiger partial charge in [-0.2, -0.15) is 0 Å². The van der Waals surface area contributed by atoms with E-state index < -0.39 is 0 Å². The molecule has 30 heavy (non-hydrogen) atoms. The van der Waals surface area contributed by atoms with E-state index >= 15 is 0 Å². The van der Waals surface area contributed by atoms with Gasteiger partial charge in [0.15, 0.2) is 0 Å². The number of nitrogens with two attached hydrogens (primary N) is 1. The lowest BCUT2D eigenvalue weighted by Crippen LogP contribution is -2.59. The molecule has 0 unspecified atom stereocenters. The molecule has 0 aliphatic heterocycles. The van der Waals surface area contributed by atoms with Crippen LogP contribution >= 0.6 is 0 Å². The van der Waals surface area contributed by atoms with Gasteiger partial charge in [0.1, 0.15) is 12.4 Å². The molecule has 0 radical (unpaired) electrons. The number of carbonyl (C=O) groups excluding carboxylic acids is 1. The van der Waals surface area contributed by atoms with Crippen molar-refractivity contribution >= 4 is 5.91 Å². The van der Waals surface area contributed by atoms with Crippen LogP contribution in [0.25, 0.3) is 0 Å². The van der Waals surface area contributed by atoms with Crippen molar-refractivity contribution in [3.63, 3.8) is 0 Å². The predicted octanol–water partition coefficient (Wildman–Crippen LogP) is 3.76. The van der Waals surface area contributed by atoms with Crippen LogP contribution in [-0.4, -0.2) is 37.8 Å². The van der Waals surface area contributed by atoms with Gasteiger partial charge >= 0.3 is 0 Å². The molecule has 1 aromatic rings. The normalized spacial score (nSPS) is 33.1. The molecule has 4 saturated carbocycles. The number of ether oxygens (including phenoxy) is 2. The molecule has 0 heterocycles. The predicted molar refractivity (Wildman–Crippen MR) is 114 cm³/mol. The number of hydrogen-bond acceptors (Lipinski definition) is 4. The summed E-state index contributed by atoms with van der Waals surface area (Å²) in [6.45, 7) is 0.329. The molecular formula is C24H33FN2O3. The lowest BCUT2D eigenvalue weighted by molar-refractivity contribution is -0.136. The SMILES string of the molecule is CO[C@H]1C[C@@H](C(=O)NC23CCC(c4ccc(OC/C(=C/F)CN)cc4)(CC2)CC3)C1. The van der Waals surface area contributed by atoms with Gasteiger partial charge in [0, 0.05) is 30.7 Å². The molecule has 4 aliphatic carbocycles. The van der Waals surface area contributed by atoms with Gasteiger partial charge in [-0.05, 0) is 74.5 Å². The molecule has 164 valence electrons. The van der Waals surface area contributed by atoms with E-state index in [4.69, 9.17) is 15.2 Å². The zero-order chi connectivity index (χ0) is 21.2. The molecule has 5 nitrogen and oxygen atoms in total. The molecule has 2 bridgehead atoms. The Morgan fingerprint density at radius 1 is 1.17 bits per heavy atom. The summed E-state index contributed by atoms with van der Waals surface area (Å²) in [5.41, 5.74) is 7.44. The van der Waals surface area contributed by atoms with Crippen LogP contribution in [0.2, 0.25) is 0 Å². The van der Waals surface area contributed by atoms with Crippen molar-refractivity contribution in [3.8, 4) is 5.75 Å². The van der Waals surface area contributed by atoms with Crippen LogP contribution in [-0.2, 0) is 14.9 Å². The fraction of sp³-hybridized carbons (Fsp3) is 0.625. The Morgan fingerprint density at radius 3 is 2.33 bits per heavy atom. The second-order valence-corrected chi connectivity index (χ2v) is 9.36. The molecular weight excluding hydrogens is 383 g/mol. The zero-order valence-corrected chi connectivity index (χ0v) is 17.8. The van der Waals surface area contributed by atoms with E-state index in [-0.39, 0.29) is 42.0 Å². The maximum atomic E-state index is 12.7. The Hall–Kier alpha value is -1.92. The number of halogens is 1. The van der Waals surface area contributed by atoms with Crippen molar-refractivity contribution in [2.45, 2.75) is 68.4 Å². The quantitative estimate of drug-likeness (QED) is 0.677. The van der Waals surface area contributed by atoms with E-state index in [0.717, 1.165) is 57.1 Å². The van der Waals surface area contributed by atoms with Gasteiger partial charge in [0.05, 0.1) is 12.4 Å². The highest BCUT2D eigenvalue weighted by atomic mass is 19.1. The highest BCUT2D eigenvalue weighted by molar-refractivity contribution is 5.80. The third-order valence-corrected chi connectivity index (χ3v) is 7.74. The molecule has 5 rings (SSSR count). The lowest BCUT2D eigenvalue weighted by Gasteiger charge is -2.54. The van der Waals surface area contributed by atoms with Crippen molar-refractivity contribution in [2.24, 2.45) is 11.7 Å². The zero-order valence-electron chi connectivity index (χ0n) is 17.8. The number of rotatable bonds is 8. The smallest absolute Gasteiger partial charge is 0.223 e. The van der Waals surface area contributed by atoms with Crippen LogP contribution in [0.5, 0.6) is 5.75 Å². The van der Waals surface area contributed by atoms with Crippen molar-refractivity contribution < 1.29 is 18.7 Å². The van der Waals surface area contributed by atoms with Crippen LogP contribution < -0.4 is 15.8 Å². The summed E-state index contributed by atoms with van der Waals surface area (Å²) in [4.78, 5) is 12.7. The molecule has 0 aromatic heterocycles. The van der Waals surface area contributed by atoms with E-state index in [2.05, 4.69) is 17.4 Å². The molecule has 1 amide bonds. The Labute approximate surface area is 178 Å². The standard InChI is InChI=1S/C24H33FN2O3/c1-29-21-12-18(13-21)22(28)27-24-9-6-23(7-10-24,8-11-24)19-2-4-20(5-3-19)30-16-17(14-25)15-26/h2-5,14,18,21H,6-13,15-16,26H2,1H3,(H,27,28)/b17-14+/t18-,21+,23?,24?. The molecule has 0 saturated heterocycles. The third kappa shape index (κ3) is 4.12. The first-order valence-corrected chi connectivity index (χ1v) is 11.1. The van der Waals surface area contributed by atoms with Crippen LogP contribution in [0.3, 0.4) is 0 Å². The molecule has 1 aromatic carbocycles. The van der Waals surface area contributed by atoms with Crippen molar-refractivity contribution in [1.82, 2.24) is 5.32 Å². The minimum absolute atomic E-state index is 0.0165. The number of carbonyl (C=O) groups is 1. The number of fused-ring (bicyclic) bond motifs is 3. The van der Waals surface area contributed by atoms with Crippen LogP contribution in [0.1, 0.15) is 56.9 Å². The van der Waals surface area contributed by atoms with Gasteiger partial charge in [-0.3, -0.25) is 4.79 Å². The van der Waals surface area contributed by atoms with Gasteiger partial charge < -0.3 is 20.5 Å². The van der Waals surface area contributed by atoms with Gasteiger partial charge in [-0.25, -0.2) is 4.39 Å². The highest BCUT2D eigenvalue weighted by Gasteiger charge is 2.50.